The van der Waals surface area contributed by atoms with Crippen LogP contribution in [-0.2, 0) is 6.54 Å². The summed E-state index contributed by atoms with van der Waals surface area (Å²) in [6, 6.07) is 21.2. The number of nitrogens with zero attached hydrogens (tertiary/aromatic N) is 1. The highest BCUT2D eigenvalue weighted by molar-refractivity contribution is 5.62. The van der Waals surface area contributed by atoms with Crippen LogP contribution in [-0.4, -0.2) is 18.0 Å². The van der Waals surface area contributed by atoms with Crippen molar-refractivity contribution in [2.24, 2.45) is 0 Å². The fourth-order valence-corrected chi connectivity index (χ4v) is 3.51. The van der Waals surface area contributed by atoms with Gasteiger partial charge in [0.2, 0.25) is 0 Å². The molecular weight excluding hydrogens is 322 g/mol. The van der Waals surface area contributed by atoms with Crippen LogP contribution in [0.15, 0.2) is 75.9 Å². The molecule has 1 aliphatic heterocycles. The number of rotatable bonds is 4. The molecule has 3 heteroatoms. The van der Waals surface area contributed by atoms with E-state index < -0.39 is 0 Å². The molecule has 0 spiro atoms. The van der Waals surface area contributed by atoms with Crippen molar-refractivity contribution in [3.8, 4) is 22.6 Å². The Bertz CT molecular complexity index is 907. The normalized spacial score (nSPS) is 15.1. The third kappa shape index (κ3) is 3.94. The maximum atomic E-state index is 12.1. The van der Waals surface area contributed by atoms with Crippen molar-refractivity contribution in [3.63, 3.8) is 0 Å². The number of benzene rings is 2. The van der Waals surface area contributed by atoms with Gasteiger partial charge in [-0.05, 0) is 31.5 Å². The first-order valence-electron chi connectivity index (χ1n) is 9.30. The van der Waals surface area contributed by atoms with Crippen molar-refractivity contribution < 1.29 is 4.42 Å². The third-order valence-electron chi connectivity index (χ3n) is 4.92. The largest absolute Gasteiger partial charge is 0.456 e. The van der Waals surface area contributed by atoms with Gasteiger partial charge >= 0.3 is 0 Å². The molecule has 132 valence electrons. The van der Waals surface area contributed by atoms with E-state index in [2.05, 4.69) is 17.0 Å². The van der Waals surface area contributed by atoms with Crippen LogP contribution in [0.5, 0.6) is 0 Å². The highest BCUT2D eigenvalue weighted by Gasteiger charge is 2.11. The van der Waals surface area contributed by atoms with Gasteiger partial charge in [0.05, 0.1) is 0 Å². The Hall–Kier alpha value is -2.65. The summed E-state index contributed by atoms with van der Waals surface area (Å²) in [4.78, 5) is 14.6. The van der Waals surface area contributed by atoms with E-state index in [0.29, 0.717) is 11.5 Å². The first-order chi connectivity index (χ1) is 12.8. The zero-order chi connectivity index (χ0) is 17.8. The van der Waals surface area contributed by atoms with Gasteiger partial charge in [-0.2, -0.15) is 0 Å². The second-order valence-electron chi connectivity index (χ2n) is 6.92. The van der Waals surface area contributed by atoms with Gasteiger partial charge in [-0.1, -0.05) is 61.0 Å². The molecule has 2 aromatic carbocycles. The number of piperidine rings is 1. The first-order valence-corrected chi connectivity index (χ1v) is 9.30. The van der Waals surface area contributed by atoms with Gasteiger partial charge in [0.1, 0.15) is 11.5 Å². The van der Waals surface area contributed by atoms with E-state index in [1.165, 1.54) is 37.9 Å². The lowest BCUT2D eigenvalue weighted by Gasteiger charge is -2.26. The second-order valence-corrected chi connectivity index (χ2v) is 6.92. The van der Waals surface area contributed by atoms with E-state index in [1.54, 1.807) is 12.1 Å². The lowest BCUT2D eigenvalue weighted by atomic mass is 10.1. The van der Waals surface area contributed by atoms with Gasteiger partial charge in [-0.25, -0.2) is 0 Å². The van der Waals surface area contributed by atoms with E-state index in [-0.39, 0.29) is 5.43 Å². The summed E-state index contributed by atoms with van der Waals surface area (Å²) in [7, 11) is 0. The van der Waals surface area contributed by atoms with Gasteiger partial charge in [-0.15, -0.1) is 0 Å². The zero-order valence-corrected chi connectivity index (χ0v) is 14.9. The minimum Gasteiger partial charge on any atom is -0.456 e. The van der Waals surface area contributed by atoms with E-state index in [9.17, 15) is 4.79 Å². The van der Waals surface area contributed by atoms with Crippen molar-refractivity contribution in [2.45, 2.75) is 25.8 Å². The molecule has 1 aromatic heterocycles. The SMILES string of the molecule is O=c1cc(-c2ccccc2)oc(-c2ccc(CN3CCCCC3)cc2)c1. The minimum absolute atomic E-state index is 0.0394. The van der Waals surface area contributed by atoms with Crippen LogP contribution in [0.1, 0.15) is 24.8 Å². The molecule has 0 saturated carbocycles. The predicted octanol–water partition coefficient (Wildman–Crippen LogP) is 4.96. The smallest absolute Gasteiger partial charge is 0.186 e. The maximum Gasteiger partial charge on any atom is 0.186 e. The summed E-state index contributed by atoms with van der Waals surface area (Å²) < 4.78 is 6.01. The minimum atomic E-state index is -0.0394. The van der Waals surface area contributed by atoms with Crippen molar-refractivity contribution in [2.75, 3.05) is 13.1 Å². The van der Waals surface area contributed by atoms with E-state index >= 15 is 0 Å². The molecule has 0 atom stereocenters. The van der Waals surface area contributed by atoms with E-state index in [1.807, 2.05) is 42.5 Å². The first kappa shape index (κ1) is 16.8. The van der Waals surface area contributed by atoms with Crippen LogP contribution in [0.25, 0.3) is 22.6 Å². The third-order valence-corrected chi connectivity index (χ3v) is 4.92. The molecule has 0 aliphatic carbocycles. The molecule has 0 amide bonds. The molecule has 2 heterocycles. The van der Waals surface area contributed by atoms with Crippen LogP contribution in [0, 0.1) is 0 Å². The van der Waals surface area contributed by atoms with Gasteiger partial charge in [-0.3, -0.25) is 9.69 Å². The Balaban J connectivity index is 1.57. The Morgan fingerprint density at radius 3 is 2.04 bits per heavy atom. The Kier molecular flexibility index (Phi) is 4.98. The van der Waals surface area contributed by atoms with Crippen LogP contribution in [0.3, 0.4) is 0 Å². The molecule has 3 aromatic rings. The van der Waals surface area contributed by atoms with Crippen LogP contribution in [0.2, 0.25) is 0 Å². The predicted molar refractivity (Wildman–Crippen MR) is 105 cm³/mol. The van der Waals surface area contributed by atoms with Crippen LogP contribution in [0.4, 0.5) is 0 Å². The van der Waals surface area contributed by atoms with Crippen LogP contribution >= 0.6 is 0 Å². The molecule has 0 N–H and O–H groups in total. The Morgan fingerprint density at radius 2 is 1.38 bits per heavy atom. The summed E-state index contributed by atoms with van der Waals surface area (Å²) in [5.74, 6) is 1.21. The summed E-state index contributed by atoms with van der Waals surface area (Å²) >= 11 is 0. The van der Waals surface area contributed by atoms with Crippen molar-refractivity contribution in [1.82, 2.24) is 4.90 Å². The molecule has 1 aliphatic rings. The monoisotopic (exact) mass is 345 g/mol. The fraction of sp³-hybridized carbons (Fsp3) is 0.261. The van der Waals surface area contributed by atoms with Crippen molar-refractivity contribution in [1.29, 1.82) is 0 Å². The average molecular weight is 345 g/mol. The molecular formula is C23H23NO2. The molecule has 26 heavy (non-hydrogen) atoms. The maximum absolute atomic E-state index is 12.1. The molecule has 1 saturated heterocycles. The van der Waals surface area contributed by atoms with Crippen LogP contribution < -0.4 is 5.43 Å². The Labute approximate surface area is 153 Å². The molecule has 0 radical (unpaired) electrons. The molecule has 0 unspecified atom stereocenters. The summed E-state index contributed by atoms with van der Waals surface area (Å²) in [5.41, 5.74) is 3.11. The number of hydrogen-bond acceptors (Lipinski definition) is 3. The Morgan fingerprint density at radius 1 is 0.769 bits per heavy atom. The van der Waals surface area contributed by atoms with E-state index in [0.717, 1.165) is 17.7 Å². The lowest BCUT2D eigenvalue weighted by molar-refractivity contribution is 0.221. The standard InChI is InChI=1S/C23H23NO2/c25-21-15-22(19-7-3-1-4-8-19)26-23(16-21)20-11-9-18(10-12-20)17-24-13-5-2-6-14-24/h1,3-4,7-12,15-16H,2,5-6,13-14,17H2. The molecule has 1 fully saturated rings. The second kappa shape index (κ2) is 7.71. The highest BCUT2D eigenvalue weighted by atomic mass is 16.3. The molecule has 4 rings (SSSR count). The summed E-state index contributed by atoms with van der Waals surface area (Å²) in [6.07, 6.45) is 3.96. The van der Waals surface area contributed by atoms with Gasteiger partial charge in [0.25, 0.3) is 0 Å². The van der Waals surface area contributed by atoms with Crippen molar-refractivity contribution in [3.05, 3.63) is 82.5 Å². The summed E-state index contributed by atoms with van der Waals surface area (Å²) in [6.45, 7) is 3.37. The molecule has 0 bridgehead atoms. The number of hydrogen-bond donors (Lipinski definition) is 0. The number of likely N-dealkylation sites (tertiary alicyclic amines) is 1. The summed E-state index contributed by atoms with van der Waals surface area (Å²) in [5, 5.41) is 0. The lowest BCUT2D eigenvalue weighted by Crippen LogP contribution is -2.28. The quantitative estimate of drug-likeness (QED) is 0.670. The van der Waals surface area contributed by atoms with Gasteiger partial charge < -0.3 is 4.42 Å². The van der Waals surface area contributed by atoms with Crippen molar-refractivity contribution >= 4 is 0 Å². The average Bonchev–Trinajstić information content (AvgIpc) is 2.70. The highest BCUT2D eigenvalue weighted by Crippen LogP contribution is 2.25. The van der Waals surface area contributed by atoms with Gasteiger partial charge in [0.15, 0.2) is 5.43 Å². The topological polar surface area (TPSA) is 33.5 Å². The zero-order valence-electron chi connectivity index (χ0n) is 14.9. The van der Waals surface area contributed by atoms with Gasteiger partial charge in [0, 0.05) is 29.8 Å². The molecule has 3 nitrogen and oxygen atoms in total. The fourth-order valence-electron chi connectivity index (χ4n) is 3.51. The van der Waals surface area contributed by atoms with E-state index in [4.69, 9.17) is 4.42 Å².